The van der Waals surface area contributed by atoms with Gasteiger partial charge in [-0.1, -0.05) is 18.2 Å². The number of para-hydroxylation sites is 1. The van der Waals surface area contributed by atoms with Crippen LogP contribution in [0.2, 0.25) is 0 Å². The molecule has 1 aromatic carbocycles. The Bertz CT molecular complexity index is 353. The molecule has 0 amide bonds. The number of nitrogens with zero attached hydrogens (tertiary/aromatic N) is 1. The van der Waals surface area contributed by atoms with E-state index in [0.29, 0.717) is 0 Å². The molecule has 2 nitrogen and oxygen atoms in total. The molecule has 0 spiro atoms. The van der Waals surface area contributed by atoms with E-state index in [1.54, 1.807) is 14.2 Å². The smallest absolute Gasteiger partial charge is 0.128 e. The van der Waals surface area contributed by atoms with Crippen LogP contribution >= 0.6 is 0 Å². The normalized spacial score (nSPS) is 12.1. The Hall–Kier alpha value is -1.57. The van der Waals surface area contributed by atoms with E-state index in [4.69, 9.17) is 4.74 Å². The Morgan fingerprint density at radius 1 is 1.36 bits per heavy atom. The highest BCUT2D eigenvalue weighted by molar-refractivity contribution is 6.10. The fourth-order valence-electron chi connectivity index (χ4n) is 1.30. The first kappa shape index (κ1) is 10.5. The minimum Gasteiger partial charge on any atom is -0.496 e. The number of aliphatic imine (C=N–C) groups is 1. The summed E-state index contributed by atoms with van der Waals surface area (Å²) >= 11 is 0. The maximum absolute atomic E-state index is 5.26. The lowest BCUT2D eigenvalue weighted by atomic mass is 10.1. The zero-order valence-electron chi connectivity index (χ0n) is 8.82. The molecule has 0 atom stereocenters. The third-order valence-electron chi connectivity index (χ3n) is 1.95. The fourth-order valence-corrected chi connectivity index (χ4v) is 1.30. The van der Waals surface area contributed by atoms with E-state index in [1.807, 2.05) is 43.3 Å². The van der Waals surface area contributed by atoms with Gasteiger partial charge in [0.15, 0.2) is 0 Å². The van der Waals surface area contributed by atoms with Gasteiger partial charge in [0.05, 0.1) is 12.8 Å². The molecule has 1 rings (SSSR count). The van der Waals surface area contributed by atoms with Crippen molar-refractivity contribution in [2.45, 2.75) is 6.92 Å². The number of hydrogen-bond acceptors (Lipinski definition) is 2. The van der Waals surface area contributed by atoms with Crippen LogP contribution in [0.3, 0.4) is 0 Å². The molecule has 0 aromatic heterocycles. The van der Waals surface area contributed by atoms with Crippen molar-refractivity contribution < 1.29 is 4.74 Å². The second-order valence-corrected chi connectivity index (χ2v) is 2.81. The second-order valence-electron chi connectivity index (χ2n) is 2.81. The largest absolute Gasteiger partial charge is 0.496 e. The van der Waals surface area contributed by atoms with Gasteiger partial charge in [-0.05, 0) is 25.1 Å². The number of hydrogen-bond donors (Lipinski definition) is 0. The zero-order valence-corrected chi connectivity index (χ0v) is 8.82. The summed E-state index contributed by atoms with van der Waals surface area (Å²) in [5.74, 6) is 0.853. The Balaban J connectivity index is 3.16. The van der Waals surface area contributed by atoms with Crippen LogP contribution in [0, 0.1) is 0 Å². The van der Waals surface area contributed by atoms with E-state index in [1.165, 1.54) is 0 Å². The molecule has 0 unspecified atom stereocenters. The maximum atomic E-state index is 5.26. The van der Waals surface area contributed by atoms with Gasteiger partial charge in [0.25, 0.3) is 0 Å². The minimum atomic E-state index is 0.853. The van der Waals surface area contributed by atoms with Gasteiger partial charge in [0.2, 0.25) is 0 Å². The van der Waals surface area contributed by atoms with Crippen LogP contribution in [0.4, 0.5) is 0 Å². The molecule has 1 aromatic rings. The van der Waals surface area contributed by atoms with Crippen molar-refractivity contribution in [3.8, 4) is 5.75 Å². The van der Waals surface area contributed by atoms with Gasteiger partial charge in [-0.15, -0.1) is 0 Å². The molecule has 0 bridgehead atoms. The van der Waals surface area contributed by atoms with Crippen LogP contribution < -0.4 is 4.74 Å². The quantitative estimate of drug-likeness (QED) is 0.670. The molecular formula is C12H15NO. The van der Waals surface area contributed by atoms with Crippen LogP contribution in [0.15, 0.2) is 41.4 Å². The lowest BCUT2D eigenvalue weighted by Crippen LogP contribution is -1.99. The predicted molar refractivity (Wildman–Crippen MR) is 60.3 cm³/mol. The van der Waals surface area contributed by atoms with Crippen molar-refractivity contribution in [1.82, 2.24) is 0 Å². The van der Waals surface area contributed by atoms with E-state index < -0.39 is 0 Å². The third kappa shape index (κ3) is 2.22. The van der Waals surface area contributed by atoms with Gasteiger partial charge in [0, 0.05) is 12.6 Å². The average molecular weight is 189 g/mol. The highest BCUT2D eigenvalue weighted by atomic mass is 16.5. The first-order chi connectivity index (χ1) is 6.83. The average Bonchev–Trinajstić information content (AvgIpc) is 2.26. The summed E-state index contributed by atoms with van der Waals surface area (Å²) in [5.41, 5.74) is 1.96. The van der Waals surface area contributed by atoms with Gasteiger partial charge in [-0.2, -0.15) is 0 Å². The molecule has 0 N–H and O–H groups in total. The van der Waals surface area contributed by atoms with E-state index >= 15 is 0 Å². The first-order valence-electron chi connectivity index (χ1n) is 4.56. The number of ether oxygens (including phenoxy) is 1. The number of methoxy groups -OCH3 is 1. The highest BCUT2D eigenvalue weighted by Crippen LogP contribution is 2.18. The standard InChI is InChI=1S/C12H15NO/c1-4-7-11(13-2)10-8-5-6-9-12(10)14-3/h4-9H,1-3H3/b7-4-,13-11?. The second kappa shape index (κ2) is 5.22. The molecule has 74 valence electrons. The first-order valence-corrected chi connectivity index (χ1v) is 4.56. The van der Waals surface area contributed by atoms with Crippen molar-refractivity contribution in [3.05, 3.63) is 42.0 Å². The number of benzene rings is 1. The fraction of sp³-hybridized carbons (Fsp3) is 0.250. The number of allylic oxidation sites excluding steroid dienone is 2. The van der Waals surface area contributed by atoms with Crippen LogP contribution in [-0.2, 0) is 0 Å². The monoisotopic (exact) mass is 189 g/mol. The zero-order chi connectivity index (χ0) is 10.4. The van der Waals surface area contributed by atoms with Gasteiger partial charge in [0.1, 0.15) is 5.75 Å². The molecule has 2 heteroatoms. The Morgan fingerprint density at radius 2 is 2.07 bits per heavy atom. The summed E-state index contributed by atoms with van der Waals surface area (Å²) in [6, 6.07) is 7.86. The summed E-state index contributed by atoms with van der Waals surface area (Å²) in [5, 5.41) is 0. The lowest BCUT2D eigenvalue weighted by molar-refractivity contribution is 0.414. The SMILES string of the molecule is C/C=C\C(=NC)c1ccccc1OC. The Kier molecular flexibility index (Phi) is 3.92. The lowest BCUT2D eigenvalue weighted by Gasteiger charge is -2.07. The Labute approximate surface area is 84.9 Å². The van der Waals surface area contributed by atoms with Gasteiger partial charge < -0.3 is 4.74 Å². The highest BCUT2D eigenvalue weighted by Gasteiger charge is 2.04. The van der Waals surface area contributed by atoms with Crippen LogP contribution in [0.1, 0.15) is 12.5 Å². The molecule has 0 saturated carbocycles. The summed E-state index contributed by atoms with van der Waals surface area (Å²) < 4.78 is 5.26. The minimum absolute atomic E-state index is 0.853. The van der Waals surface area contributed by atoms with Gasteiger partial charge in [-0.25, -0.2) is 0 Å². The molecule has 0 radical (unpaired) electrons. The van der Waals surface area contributed by atoms with Crippen molar-refractivity contribution in [2.24, 2.45) is 4.99 Å². The molecule has 0 fully saturated rings. The van der Waals surface area contributed by atoms with Crippen LogP contribution in [0.25, 0.3) is 0 Å². The van der Waals surface area contributed by atoms with Crippen molar-refractivity contribution in [1.29, 1.82) is 0 Å². The summed E-state index contributed by atoms with van der Waals surface area (Å²) in [6.45, 7) is 1.97. The van der Waals surface area contributed by atoms with Crippen LogP contribution in [0.5, 0.6) is 5.75 Å². The van der Waals surface area contributed by atoms with Gasteiger partial charge in [-0.3, -0.25) is 4.99 Å². The molecule has 14 heavy (non-hydrogen) atoms. The van der Waals surface area contributed by atoms with Crippen LogP contribution in [-0.4, -0.2) is 19.9 Å². The van der Waals surface area contributed by atoms with E-state index in [0.717, 1.165) is 17.0 Å². The molecule has 0 aliphatic carbocycles. The van der Waals surface area contributed by atoms with Crippen molar-refractivity contribution in [3.63, 3.8) is 0 Å². The summed E-state index contributed by atoms with van der Waals surface area (Å²) in [6.07, 6.45) is 3.94. The molecule has 0 aliphatic heterocycles. The maximum Gasteiger partial charge on any atom is 0.128 e. The number of rotatable bonds is 3. The van der Waals surface area contributed by atoms with Crippen molar-refractivity contribution in [2.75, 3.05) is 14.2 Å². The topological polar surface area (TPSA) is 21.6 Å². The molecular weight excluding hydrogens is 174 g/mol. The molecule has 0 aliphatic rings. The molecule has 0 heterocycles. The summed E-state index contributed by atoms with van der Waals surface area (Å²) in [4.78, 5) is 4.21. The predicted octanol–water partition coefficient (Wildman–Crippen LogP) is 2.69. The van der Waals surface area contributed by atoms with Gasteiger partial charge >= 0.3 is 0 Å². The Morgan fingerprint density at radius 3 is 2.64 bits per heavy atom. The van der Waals surface area contributed by atoms with E-state index in [2.05, 4.69) is 4.99 Å². The summed E-state index contributed by atoms with van der Waals surface area (Å²) in [7, 11) is 3.45. The van der Waals surface area contributed by atoms with E-state index in [-0.39, 0.29) is 0 Å². The van der Waals surface area contributed by atoms with Crippen molar-refractivity contribution >= 4 is 5.71 Å². The van der Waals surface area contributed by atoms with E-state index in [9.17, 15) is 0 Å². The molecule has 0 saturated heterocycles. The third-order valence-corrected chi connectivity index (χ3v) is 1.95.